The van der Waals surface area contributed by atoms with Crippen LogP contribution in [0, 0.1) is 11.8 Å². The molecular formula is C42H32ClNO6. The van der Waals surface area contributed by atoms with Crippen LogP contribution in [0.15, 0.2) is 127 Å². The van der Waals surface area contributed by atoms with E-state index in [0.717, 1.165) is 11.1 Å². The lowest BCUT2D eigenvalue weighted by molar-refractivity contribution is -0.130. The fraction of sp³-hybridized carbons (Fsp3) is 0.167. The fourth-order valence-corrected chi connectivity index (χ4v) is 8.88. The number of methoxy groups -OCH3 is 3. The lowest BCUT2D eigenvalue weighted by Gasteiger charge is -2.39. The number of fused-ring (bicyclic) bond motifs is 5. The predicted molar refractivity (Wildman–Crippen MR) is 192 cm³/mol. The smallest absolute Gasteiger partial charge is 0.239 e. The Hall–Kier alpha value is -5.66. The molecule has 2 bridgehead atoms. The van der Waals surface area contributed by atoms with E-state index in [9.17, 15) is 0 Å². The molecule has 3 aliphatic rings. The summed E-state index contributed by atoms with van der Waals surface area (Å²) < 4.78 is 16.7. The van der Waals surface area contributed by atoms with Crippen molar-refractivity contribution in [3.8, 4) is 17.2 Å². The summed E-state index contributed by atoms with van der Waals surface area (Å²) in [4.78, 5) is 47.8. The van der Waals surface area contributed by atoms with Gasteiger partial charge in [-0.05, 0) is 75.9 Å². The van der Waals surface area contributed by atoms with Crippen LogP contribution in [-0.4, -0.2) is 38.9 Å². The van der Waals surface area contributed by atoms with Gasteiger partial charge in [0.15, 0.2) is 5.78 Å². The number of carbonyl (C=O) groups excluding carboxylic acids is 3. The number of ether oxygens (including phenoxy) is 3. The molecule has 0 unspecified atom stereocenters. The third-order valence-corrected chi connectivity index (χ3v) is 10.8. The van der Waals surface area contributed by atoms with Crippen molar-refractivity contribution in [1.82, 2.24) is 0 Å². The van der Waals surface area contributed by atoms with Crippen LogP contribution in [0.3, 0.4) is 0 Å². The molecule has 8 heteroatoms. The van der Waals surface area contributed by atoms with Crippen molar-refractivity contribution in [3.63, 3.8) is 0 Å². The number of hydrogen-bond acceptors (Lipinski definition) is 6. The highest BCUT2D eigenvalue weighted by Gasteiger charge is 2.82. The lowest BCUT2D eigenvalue weighted by Crippen LogP contribution is -2.45. The Morgan fingerprint density at radius 3 is 1.40 bits per heavy atom. The molecule has 0 N–H and O–H groups in total. The summed E-state index contributed by atoms with van der Waals surface area (Å²) in [7, 11) is 4.67. The number of rotatable bonds is 8. The van der Waals surface area contributed by atoms with Gasteiger partial charge >= 0.3 is 0 Å². The van der Waals surface area contributed by atoms with Crippen molar-refractivity contribution in [1.29, 1.82) is 0 Å². The number of nitrogens with zero attached hydrogens (tertiary/aromatic N) is 1. The number of anilines is 1. The molecule has 2 amide bonds. The number of halogens is 1. The number of ketones is 1. The van der Waals surface area contributed by atoms with Crippen molar-refractivity contribution in [2.45, 2.75) is 10.8 Å². The maximum absolute atomic E-state index is 16.1. The summed E-state index contributed by atoms with van der Waals surface area (Å²) in [5.74, 6) is -1.77. The van der Waals surface area contributed by atoms with Gasteiger partial charge in [-0.15, -0.1) is 0 Å². The fourth-order valence-electron chi connectivity index (χ4n) is 8.72. The first kappa shape index (κ1) is 31.6. The molecule has 2 aliphatic carbocycles. The van der Waals surface area contributed by atoms with E-state index in [-0.39, 0.29) is 11.5 Å². The van der Waals surface area contributed by atoms with Crippen molar-refractivity contribution >= 4 is 46.0 Å². The van der Waals surface area contributed by atoms with Gasteiger partial charge in [-0.3, -0.25) is 14.4 Å². The van der Waals surface area contributed by atoms with Crippen LogP contribution in [0.25, 0.3) is 11.1 Å². The highest BCUT2D eigenvalue weighted by Crippen LogP contribution is 2.74. The van der Waals surface area contributed by atoms with Crippen molar-refractivity contribution in [2.75, 3.05) is 26.2 Å². The van der Waals surface area contributed by atoms with Crippen LogP contribution in [0.1, 0.15) is 22.3 Å². The highest BCUT2D eigenvalue weighted by atomic mass is 35.5. The Balaban J connectivity index is 1.54. The number of benzene rings is 5. The number of allylic oxidation sites excluding steroid dienone is 2. The van der Waals surface area contributed by atoms with Gasteiger partial charge in [0.05, 0.1) is 49.7 Å². The van der Waals surface area contributed by atoms with Crippen molar-refractivity contribution in [3.05, 3.63) is 155 Å². The Morgan fingerprint density at radius 1 is 0.560 bits per heavy atom. The van der Waals surface area contributed by atoms with Crippen molar-refractivity contribution < 1.29 is 28.6 Å². The van der Waals surface area contributed by atoms with Crippen LogP contribution >= 0.6 is 11.6 Å². The Labute approximate surface area is 294 Å². The van der Waals surface area contributed by atoms with Gasteiger partial charge < -0.3 is 14.2 Å². The van der Waals surface area contributed by atoms with Crippen LogP contribution in [-0.2, 0) is 25.2 Å². The summed E-state index contributed by atoms with van der Waals surface area (Å²) in [5, 5.41) is 0.337. The van der Waals surface area contributed by atoms with E-state index in [2.05, 4.69) is 0 Å². The molecule has 1 heterocycles. The first-order chi connectivity index (χ1) is 24.3. The summed E-state index contributed by atoms with van der Waals surface area (Å²) in [6, 6.07) is 38.7. The maximum atomic E-state index is 16.1. The first-order valence-electron chi connectivity index (χ1n) is 16.2. The zero-order valence-electron chi connectivity index (χ0n) is 27.6. The van der Waals surface area contributed by atoms with E-state index in [1.807, 2.05) is 109 Å². The molecule has 0 radical (unpaired) electrons. The molecule has 5 aromatic rings. The standard InChI is InChI=1S/C42H32ClNO6/c1-48-30-19-14-25(15-20-30)34-35(26-16-21-31(49-2)22-17-26)42(28-12-8-5-9-13-28)37-36(41(34,40(42)47)27-10-6-4-7-11-27)38(45)44(39(37)46)32-24-29(43)18-23-33(32)50-3/h4-24,36-37H,1-3H3/t36-,37-,41-,42-/m1/s1. The second-order valence-electron chi connectivity index (χ2n) is 12.7. The Morgan fingerprint density at radius 2 is 1.00 bits per heavy atom. The zero-order chi connectivity index (χ0) is 34.8. The second kappa shape index (κ2) is 11.7. The molecule has 1 saturated heterocycles. The lowest BCUT2D eigenvalue weighted by atomic mass is 9.59. The maximum Gasteiger partial charge on any atom is 0.239 e. The molecule has 1 saturated carbocycles. The first-order valence-corrected chi connectivity index (χ1v) is 16.6. The molecule has 5 aromatic carbocycles. The SMILES string of the molecule is COc1ccc(C2=C(c3ccc(OC)cc3)[C@@]3(c4ccccc4)C(=O)[C@@]2(c2ccccc2)[C@H]2C(=O)N(c4cc(Cl)ccc4OC)C(=O)[C@@H]23)cc1. The third kappa shape index (κ3) is 4.07. The normalized spacial score (nSPS) is 23.8. The van der Waals surface area contributed by atoms with Crippen LogP contribution in [0.4, 0.5) is 5.69 Å². The van der Waals surface area contributed by atoms with E-state index in [1.54, 1.807) is 32.4 Å². The van der Waals surface area contributed by atoms with Gasteiger partial charge in [-0.1, -0.05) is 96.5 Å². The van der Waals surface area contributed by atoms with E-state index in [1.165, 1.54) is 12.0 Å². The van der Waals surface area contributed by atoms with Gasteiger partial charge in [0, 0.05) is 5.02 Å². The highest BCUT2D eigenvalue weighted by molar-refractivity contribution is 6.39. The summed E-state index contributed by atoms with van der Waals surface area (Å²) >= 11 is 6.48. The minimum absolute atomic E-state index is 0.214. The van der Waals surface area contributed by atoms with Crippen LogP contribution < -0.4 is 19.1 Å². The summed E-state index contributed by atoms with van der Waals surface area (Å²) in [5.41, 5.74) is 1.22. The van der Waals surface area contributed by atoms with Crippen LogP contribution in [0.2, 0.25) is 5.02 Å². The molecule has 7 nitrogen and oxygen atoms in total. The molecule has 0 spiro atoms. The molecule has 248 valence electrons. The molecule has 8 rings (SSSR count). The van der Waals surface area contributed by atoms with Gasteiger partial charge in [0.2, 0.25) is 11.8 Å². The number of imide groups is 1. The topological polar surface area (TPSA) is 82.1 Å². The molecule has 50 heavy (non-hydrogen) atoms. The summed E-state index contributed by atoms with van der Waals surface area (Å²) in [6.45, 7) is 0. The predicted octanol–water partition coefficient (Wildman–Crippen LogP) is 7.55. The largest absolute Gasteiger partial charge is 0.497 e. The minimum atomic E-state index is -1.56. The van der Waals surface area contributed by atoms with Crippen molar-refractivity contribution in [2.24, 2.45) is 11.8 Å². The second-order valence-corrected chi connectivity index (χ2v) is 13.1. The van der Waals surface area contributed by atoms with Gasteiger partial charge in [-0.2, -0.15) is 0 Å². The van der Waals surface area contributed by atoms with Gasteiger partial charge in [0.25, 0.3) is 0 Å². The molecule has 4 atom stereocenters. The Kier molecular flexibility index (Phi) is 7.42. The van der Waals surface area contributed by atoms with E-state index >= 15 is 14.4 Å². The average molecular weight is 682 g/mol. The van der Waals surface area contributed by atoms with Gasteiger partial charge in [-0.25, -0.2) is 4.90 Å². The number of Topliss-reactive ketones (excluding diaryl/α,β-unsaturated/α-hetero) is 1. The molecular weight excluding hydrogens is 650 g/mol. The number of carbonyl (C=O) groups is 3. The monoisotopic (exact) mass is 681 g/mol. The zero-order valence-corrected chi connectivity index (χ0v) is 28.3. The minimum Gasteiger partial charge on any atom is -0.497 e. The molecule has 0 aromatic heterocycles. The number of hydrogen-bond donors (Lipinski definition) is 0. The molecule has 2 fully saturated rings. The third-order valence-electron chi connectivity index (χ3n) is 10.6. The van der Waals surface area contributed by atoms with E-state index in [4.69, 9.17) is 25.8 Å². The van der Waals surface area contributed by atoms with E-state index < -0.39 is 34.5 Å². The molecule has 1 aliphatic heterocycles. The number of amides is 2. The van der Waals surface area contributed by atoms with Gasteiger partial charge in [0.1, 0.15) is 17.2 Å². The summed E-state index contributed by atoms with van der Waals surface area (Å²) in [6.07, 6.45) is 0. The quantitative estimate of drug-likeness (QED) is 0.157. The van der Waals surface area contributed by atoms with E-state index in [0.29, 0.717) is 44.5 Å². The van der Waals surface area contributed by atoms with Crippen LogP contribution in [0.5, 0.6) is 17.2 Å². The Bertz CT molecular complexity index is 2070. The average Bonchev–Trinajstić information content (AvgIpc) is 3.67.